The highest BCUT2D eigenvalue weighted by atomic mass is 35.5. The number of halogens is 2. The molecule has 0 atom stereocenters. The summed E-state index contributed by atoms with van der Waals surface area (Å²) in [5.41, 5.74) is 0.693. The van der Waals surface area contributed by atoms with Gasteiger partial charge in [-0.3, -0.25) is 9.69 Å². The second-order valence-corrected chi connectivity index (χ2v) is 11.5. The van der Waals surface area contributed by atoms with Crippen LogP contribution in [-0.4, -0.2) is 50.1 Å². The summed E-state index contributed by atoms with van der Waals surface area (Å²) in [5.74, 6) is 0.632. The summed E-state index contributed by atoms with van der Waals surface area (Å²) in [7, 11) is -3.81. The van der Waals surface area contributed by atoms with Crippen LogP contribution in [0.15, 0.2) is 73.8 Å². The molecule has 1 fully saturated rings. The van der Waals surface area contributed by atoms with Crippen LogP contribution in [0.2, 0.25) is 10.0 Å². The van der Waals surface area contributed by atoms with Gasteiger partial charge < -0.3 is 9.15 Å². The first-order valence-electron chi connectivity index (χ1n) is 10.8. The van der Waals surface area contributed by atoms with Crippen LogP contribution in [0.3, 0.4) is 0 Å². The summed E-state index contributed by atoms with van der Waals surface area (Å²) >= 11 is 13.9. The largest absolute Gasteiger partial charge is 0.482 e. The molecule has 1 aromatic heterocycles. The monoisotopic (exact) mass is 554 g/mol. The summed E-state index contributed by atoms with van der Waals surface area (Å²) in [6, 6.07) is 14.0. The maximum absolute atomic E-state index is 13.0. The van der Waals surface area contributed by atoms with Crippen molar-refractivity contribution >= 4 is 45.0 Å². The SMILES string of the molecule is CSc1ccc(COc2coc(CN3CCN(S(=O)(=O)c4c(Cl)cccc4Cl)CC3)cc2=O)cc1. The molecule has 1 saturated heterocycles. The highest BCUT2D eigenvalue weighted by Crippen LogP contribution is 2.32. The van der Waals surface area contributed by atoms with E-state index in [1.807, 2.05) is 35.4 Å². The molecule has 0 N–H and O–H groups in total. The number of hydrogen-bond acceptors (Lipinski definition) is 7. The molecule has 2 heterocycles. The second-order valence-electron chi connectivity index (χ2n) is 7.94. The Kier molecular flexibility index (Phi) is 8.46. The molecule has 7 nitrogen and oxygen atoms in total. The van der Waals surface area contributed by atoms with Crippen LogP contribution in [0.4, 0.5) is 0 Å². The Morgan fingerprint density at radius 1 is 1.03 bits per heavy atom. The lowest BCUT2D eigenvalue weighted by Gasteiger charge is -2.33. The van der Waals surface area contributed by atoms with Gasteiger partial charge in [-0.25, -0.2) is 8.42 Å². The smallest absolute Gasteiger partial charge is 0.246 e. The molecule has 4 rings (SSSR count). The zero-order chi connectivity index (χ0) is 25.0. The van der Waals surface area contributed by atoms with E-state index >= 15 is 0 Å². The third-order valence-electron chi connectivity index (χ3n) is 5.63. The molecule has 0 aliphatic carbocycles. The standard InChI is InChI=1S/C24H24Cl2N2O5S2/c1-34-19-7-5-17(6-8-19)15-33-23-16-32-18(13-22(23)29)14-27-9-11-28(12-10-27)35(30,31)24-20(25)3-2-4-21(24)26/h2-8,13,16H,9-12,14-15H2,1H3. The predicted octanol–water partition coefficient (Wildman–Crippen LogP) is 4.75. The van der Waals surface area contributed by atoms with Crippen LogP contribution in [0, 0.1) is 0 Å². The fraction of sp³-hybridized carbons (Fsp3) is 0.292. The summed E-state index contributed by atoms with van der Waals surface area (Å²) in [5, 5.41) is 0.196. The fourth-order valence-electron chi connectivity index (χ4n) is 3.72. The molecule has 0 unspecified atom stereocenters. The van der Waals surface area contributed by atoms with Gasteiger partial charge in [0.1, 0.15) is 23.5 Å². The molecular weight excluding hydrogens is 531 g/mol. The average Bonchev–Trinajstić information content (AvgIpc) is 2.84. The first-order chi connectivity index (χ1) is 16.8. The zero-order valence-corrected chi connectivity index (χ0v) is 22.1. The number of rotatable bonds is 8. The van der Waals surface area contributed by atoms with E-state index in [1.165, 1.54) is 28.8 Å². The molecule has 35 heavy (non-hydrogen) atoms. The van der Waals surface area contributed by atoms with Gasteiger partial charge in [0, 0.05) is 37.1 Å². The number of hydrogen-bond donors (Lipinski definition) is 0. The second kappa shape index (κ2) is 11.4. The number of nitrogens with zero attached hydrogens (tertiary/aromatic N) is 2. The van der Waals surface area contributed by atoms with E-state index in [4.69, 9.17) is 32.4 Å². The van der Waals surface area contributed by atoms with Crippen molar-refractivity contribution < 1.29 is 17.6 Å². The van der Waals surface area contributed by atoms with Gasteiger partial charge in [-0.15, -0.1) is 11.8 Å². The van der Waals surface area contributed by atoms with E-state index in [9.17, 15) is 13.2 Å². The maximum Gasteiger partial charge on any atom is 0.246 e. The Morgan fingerprint density at radius 3 is 2.29 bits per heavy atom. The third-order valence-corrected chi connectivity index (χ3v) is 9.23. The van der Waals surface area contributed by atoms with Crippen molar-refractivity contribution in [2.45, 2.75) is 22.9 Å². The predicted molar refractivity (Wildman–Crippen MR) is 138 cm³/mol. The van der Waals surface area contributed by atoms with Gasteiger partial charge in [-0.2, -0.15) is 4.31 Å². The average molecular weight is 556 g/mol. The van der Waals surface area contributed by atoms with Crippen LogP contribution in [0.5, 0.6) is 5.75 Å². The summed E-state index contributed by atoms with van der Waals surface area (Å²) in [6.07, 6.45) is 3.34. The van der Waals surface area contributed by atoms with Gasteiger partial charge in [0.2, 0.25) is 21.2 Å². The van der Waals surface area contributed by atoms with Gasteiger partial charge >= 0.3 is 0 Å². The van der Waals surface area contributed by atoms with E-state index in [0.29, 0.717) is 25.4 Å². The molecule has 1 aliphatic heterocycles. The fourth-order valence-corrected chi connectivity index (χ4v) is 6.64. The number of ether oxygens (including phenoxy) is 1. The molecule has 0 radical (unpaired) electrons. The van der Waals surface area contributed by atoms with Crippen molar-refractivity contribution in [3.05, 3.63) is 86.4 Å². The molecule has 0 bridgehead atoms. The molecule has 186 valence electrons. The summed E-state index contributed by atoms with van der Waals surface area (Å²) in [4.78, 5) is 15.6. The molecule has 0 saturated carbocycles. The minimum atomic E-state index is -3.81. The quantitative estimate of drug-likeness (QED) is 0.371. The molecule has 2 aromatic carbocycles. The minimum Gasteiger partial charge on any atom is -0.482 e. The highest BCUT2D eigenvalue weighted by molar-refractivity contribution is 7.98. The first kappa shape index (κ1) is 26.1. The molecule has 0 spiro atoms. The van der Waals surface area contributed by atoms with Crippen LogP contribution in [0.1, 0.15) is 11.3 Å². The van der Waals surface area contributed by atoms with E-state index < -0.39 is 10.0 Å². The lowest BCUT2D eigenvalue weighted by Crippen LogP contribution is -2.48. The molecule has 3 aromatic rings. The van der Waals surface area contributed by atoms with Crippen LogP contribution in [-0.2, 0) is 23.2 Å². The van der Waals surface area contributed by atoms with Crippen molar-refractivity contribution in [3.63, 3.8) is 0 Å². The molecule has 1 aliphatic rings. The van der Waals surface area contributed by atoms with Crippen molar-refractivity contribution in [2.24, 2.45) is 0 Å². The van der Waals surface area contributed by atoms with Crippen molar-refractivity contribution in [1.29, 1.82) is 0 Å². The van der Waals surface area contributed by atoms with Gasteiger partial charge in [0.25, 0.3) is 0 Å². The van der Waals surface area contributed by atoms with E-state index in [-0.39, 0.29) is 45.8 Å². The van der Waals surface area contributed by atoms with E-state index in [2.05, 4.69) is 0 Å². The Balaban J connectivity index is 1.33. The Bertz CT molecular complexity index is 1320. The molecule has 0 amide bonds. The van der Waals surface area contributed by atoms with Crippen molar-refractivity contribution in [2.75, 3.05) is 32.4 Å². The van der Waals surface area contributed by atoms with Gasteiger partial charge in [0.05, 0.1) is 16.6 Å². The van der Waals surface area contributed by atoms with E-state index in [1.54, 1.807) is 17.8 Å². The summed E-state index contributed by atoms with van der Waals surface area (Å²) in [6.45, 7) is 2.12. The van der Waals surface area contributed by atoms with Crippen LogP contribution in [0.25, 0.3) is 0 Å². The van der Waals surface area contributed by atoms with Crippen molar-refractivity contribution in [1.82, 2.24) is 9.21 Å². The number of piperazine rings is 1. The number of sulfonamides is 1. The van der Waals surface area contributed by atoms with Crippen LogP contribution >= 0.6 is 35.0 Å². The highest BCUT2D eigenvalue weighted by Gasteiger charge is 2.32. The summed E-state index contributed by atoms with van der Waals surface area (Å²) < 4.78 is 38.7. The maximum atomic E-state index is 13.0. The topological polar surface area (TPSA) is 80.1 Å². The zero-order valence-electron chi connectivity index (χ0n) is 18.9. The number of thioether (sulfide) groups is 1. The normalized spacial score (nSPS) is 15.3. The third kappa shape index (κ3) is 6.22. The lowest BCUT2D eigenvalue weighted by atomic mass is 10.2. The first-order valence-corrected chi connectivity index (χ1v) is 14.2. The van der Waals surface area contributed by atoms with Crippen molar-refractivity contribution in [3.8, 4) is 5.75 Å². The van der Waals surface area contributed by atoms with E-state index in [0.717, 1.165) is 10.5 Å². The molecular formula is C24H24Cl2N2O5S2. The lowest BCUT2D eigenvalue weighted by molar-refractivity contribution is 0.169. The van der Waals surface area contributed by atoms with Gasteiger partial charge in [-0.1, -0.05) is 41.4 Å². The number of benzene rings is 2. The minimum absolute atomic E-state index is 0.0708. The Morgan fingerprint density at radius 2 is 1.69 bits per heavy atom. The van der Waals surface area contributed by atoms with Gasteiger partial charge in [-0.05, 0) is 36.1 Å². The van der Waals surface area contributed by atoms with Gasteiger partial charge in [0.15, 0.2) is 0 Å². The molecule has 11 heteroatoms. The van der Waals surface area contributed by atoms with Crippen LogP contribution < -0.4 is 10.2 Å². The Labute approximate surface area is 218 Å². The Hall–Kier alpha value is -2.01.